The van der Waals surface area contributed by atoms with Gasteiger partial charge in [-0.05, 0) is 43.3 Å². The molecule has 4 N–H and O–H groups in total. The summed E-state index contributed by atoms with van der Waals surface area (Å²) in [6.45, 7) is 1.50. The first-order chi connectivity index (χ1) is 16.2. The van der Waals surface area contributed by atoms with Crippen LogP contribution in [0, 0.1) is 0 Å². The van der Waals surface area contributed by atoms with Crippen LogP contribution in [0.3, 0.4) is 0 Å². The van der Waals surface area contributed by atoms with Crippen LogP contribution in [0.4, 0.5) is 0 Å². The van der Waals surface area contributed by atoms with Gasteiger partial charge < -0.3 is 38.7 Å². The van der Waals surface area contributed by atoms with E-state index in [1.807, 2.05) is 0 Å². The number of phenols is 1. The van der Waals surface area contributed by atoms with E-state index < -0.39 is 42.0 Å². The van der Waals surface area contributed by atoms with Crippen molar-refractivity contribution in [3.05, 3.63) is 69.4 Å². The van der Waals surface area contributed by atoms with Crippen LogP contribution in [-0.4, -0.2) is 51.1 Å². The molecule has 1 aliphatic rings. The van der Waals surface area contributed by atoms with Crippen LogP contribution in [0.1, 0.15) is 6.92 Å². The monoisotopic (exact) mass is 468 g/mol. The van der Waals surface area contributed by atoms with Crippen molar-refractivity contribution < 1.29 is 38.7 Å². The minimum absolute atomic E-state index is 0.00371. The molecule has 0 bridgehead atoms. The summed E-state index contributed by atoms with van der Waals surface area (Å²) in [5.74, 6) is -0.296. The zero-order valence-corrected chi connectivity index (χ0v) is 17.7. The molecule has 1 saturated heterocycles. The summed E-state index contributed by atoms with van der Waals surface area (Å²) < 4.78 is 22.2. The van der Waals surface area contributed by atoms with Crippen LogP contribution in [-0.2, 0) is 4.74 Å². The number of aliphatic hydroxyl groups is 3. The van der Waals surface area contributed by atoms with Gasteiger partial charge in [0.15, 0.2) is 0 Å². The van der Waals surface area contributed by atoms with E-state index in [1.54, 1.807) is 12.1 Å². The highest BCUT2D eigenvalue weighted by atomic mass is 16.7. The van der Waals surface area contributed by atoms with E-state index in [4.69, 9.17) is 18.3 Å². The second kappa shape index (κ2) is 8.26. The Morgan fingerprint density at radius 1 is 0.735 bits per heavy atom. The molecule has 0 aliphatic carbocycles. The molecule has 3 heterocycles. The average Bonchev–Trinajstić information content (AvgIpc) is 2.81. The molecule has 0 saturated carbocycles. The second-order valence-corrected chi connectivity index (χ2v) is 8.04. The van der Waals surface area contributed by atoms with E-state index in [0.717, 1.165) is 0 Å². The Kier molecular flexibility index (Phi) is 5.37. The van der Waals surface area contributed by atoms with Crippen molar-refractivity contribution in [2.45, 2.75) is 37.6 Å². The molecule has 4 aromatic rings. The summed E-state index contributed by atoms with van der Waals surface area (Å²) >= 11 is 0. The summed E-state index contributed by atoms with van der Waals surface area (Å²) in [5, 5.41) is 42.3. The fourth-order valence-corrected chi connectivity index (χ4v) is 4.05. The van der Waals surface area contributed by atoms with Crippen molar-refractivity contribution in [2.75, 3.05) is 0 Å². The number of aromatic hydroxyl groups is 1. The second-order valence-electron chi connectivity index (χ2n) is 8.04. The van der Waals surface area contributed by atoms with Gasteiger partial charge in [0, 0.05) is 22.9 Å². The summed E-state index contributed by atoms with van der Waals surface area (Å²) in [6, 6.07) is 11.5. The summed E-state index contributed by atoms with van der Waals surface area (Å²) in [7, 11) is 0. The van der Waals surface area contributed by atoms with Crippen molar-refractivity contribution in [1.82, 2.24) is 0 Å². The number of rotatable bonds is 3. The van der Waals surface area contributed by atoms with E-state index in [0.29, 0.717) is 10.8 Å². The normalized spacial score (nSPS) is 25.0. The summed E-state index contributed by atoms with van der Waals surface area (Å²) in [5.41, 5.74) is -1.21. The fraction of sp³-hybridized carbons (Fsp3) is 0.250. The SMILES string of the molecule is C[C@@H]1O[C@H](Oc2ccc3ccc(=O)oc3c2-c2c(O)ccc3ccc(=O)oc23)[C@H](O)[C@H](O)[C@H]1O. The number of benzene rings is 2. The van der Waals surface area contributed by atoms with Crippen LogP contribution < -0.4 is 16.0 Å². The highest BCUT2D eigenvalue weighted by Crippen LogP contribution is 2.45. The summed E-state index contributed by atoms with van der Waals surface area (Å²) in [6.07, 6.45) is -6.77. The zero-order chi connectivity index (χ0) is 24.1. The molecule has 0 unspecified atom stereocenters. The van der Waals surface area contributed by atoms with Crippen LogP contribution in [0.25, 0.3) is 33.1 Å². The number of aliphatic hydroxyl groups excluding tert-OH is 3. The van der Waals surface area contributed by atoms with Gasteiger partial charge in [0.2, 0.25) is 6.29 Å². The van der Waals surface area contributed by atoms with Crippen LogP contribution in [0.2, 0.25) is 0 Å². The Morgan fingerprint density at radius 3 is 1.94 bits per heavy atom. The maximum absolute atomic E-state index is 12.1. The molecule has 0 spiro atoms. The standard InChI is InChI=1S/C24H20O10/c1-10-19(28)20(29)21(30)24(31-10)32-14-7-3-12-5-9-16(27)34-23(12)18(14)17-13(25)6-2-11-4-8-15(26)33-22(11)17/h2-10,19-21,24-25,28-30H,1H3/t10-,19-,20+,21+,24+/m0/s1. The number of fused-ring (bicyclic) bond motifs is 2. The van der Waals surface area contributed by atoms with Crippen molar-refractivity contribution >= 4 is 21.9 Å². The number of hydrogen-bond donors (Lipinski definition) is 4. The molecule has 0 radical (unpaired) electrons. The third kappa shape index (κ3) is 3.62. The number of ether oxygens (including phenoxy) is 2. The topological polar surface area (TPSA) is 160 Å². The minimum atomic E-state index is -1.61. The third-order valence-corrected chi connectivity index (χ3v) is 5.82. The highest BCUT2D eigenvalue weighted by Gasteiger charge is 2.43. The van der Waals surface area contributed by atoms with Gasteiger partial charge in [-0.2, -0.15) is 0 Å². The highest BCUT2D eigenvalue weighted by molar-refractivity contribution is 6.05. The number of phenolic OH excluding ortho intramolecular Hbond substituents is 1. The molecule has 1 fully saturated rings. The van der Waals surface area contributed by atoms with Gasteiger partial charge in [-0.15, -0.1) is 0 Å². The van der Waals surface area contributed by atoms with Gasteiger partial charge in [-0.3, -0.25) is 0 Å². The quantitative estimate of drug-likeness (QED) is 0.324. The fourth-order valence-electron chi connectivity index (χ4n) is 4.05. The first-order valence-electron chi connectivity index (χ1n) is 10.4. The molecule has 0 amide bonds. The first kappa shape index (κ1) is 22.1. The molecule has 10 heteroatoms. The van der Waals surface area contributed by atoms with Gasteiger partial charge in [0.25, 0.3) is 0 Å². The zero-order valence-electron chi connectivity index (χ0n) is 17.7. The van der Waals surface area contributed by atoms with Crippen LogP contribution >= 0.6 is 0 Å². The Bertz CT molecular complexity index is 1500. The Balaban J connectivity index is 1.77. The molecule has 5 atom stereocenters. The Morgan fingerprint density at radius 2 is 1.29 bits per heavy atom. The molecule has 2 aromatic heterocycles. The Hall–Kier alpha value is -3.70. The predicted molar refractivity (Wildman–Crippen MR) is 119 cm³/mol. The smallest absolute Gasteiger partial charge is 0.336 e. The van der Waals surface area contributed by atoms with E-state index in [1.165, 1.54) is 43.3 Å². The lowest BCUT2D eigenvalue weighted by Crippen LogP contribution is -2.58. The third-order valence-electron chi connectivity index (χ3n) is 5.82. The molecule has 1 aliphatic heterocycles. The molecular weight excluding hydrogens is 448 g/mol. The lowest BCUT2D eigenvalue weighted by molar-refractivity contribution is -0.268. The van der Waals surface area contributed by atoms with Gasteiger partial charge in [-0.1, -0.05) is 0 Å². The van der Waals surface area contributed by atoms with E-state index in [-0.39, 0.29) is 33.8 Å². The maximum atomic E-state index is 12.1. The number of hydrogen-bond acceptors (Lipinski definition) is 10. The average molecular weight is 468 g/mol. The van der Waals surface area contributed by atoms with Crippen molar-refractivity contribution in [3.63, 3.8) is 0 Å². The van der Waals surface area contributed by atoms with Gasteiger partial charge in [-0.25, -0.2) is 9.59 Å². The molecule has 10 nitrogen and oxygen atoms in total. The van der Waals surface area contributed by atoms with Gasteiger partial charge in [0.1, 0.15) is 41.0 Å². The van der Waals surface area contributed by atoms with Crippen molar-refractivity contribution in [1.29, 1.82) is 0 Å². The van der Waals surface area contributed by atoms with E-state index in [2.05, 4.69) is 0 Å². The largest absolute Gasteiger partial charge is 0.507 e. The van der Waals surface area contributed by atoms with Gasteiger partial charge >= 0.3 is 11.3 Å². The van der Waals surface area contributed by atoms with Gasteiger partial charge in [0.05, 0.1) is 17.2 Å². The van der Waals surface area contributed by atoms with E-state index >= 15 is 0 Å². The lowest BCUT2D eigenvalue weighted by atomic mass is 9.97. The van der Waals surface area contributed by atoms with Crippen LogP contribution in [0.5, 0.6) is 11.5 Å². The molecule has 176 valence electrons. The molecular formula is C24H20O10. The molecule has 5 rings (SSSR count). The predicted octanol–water partition coefficient (Wildman–Crippen LogP) is 1.48. The van der Waals surface area contributed by atoms with E-state index in [9.17, 15) is 30.0 Å². The van der Waals surface area contributed by atoms with Crippen molar-refractivity contribution in [2.24, 2.45) is 0 Å². The first-order valence-corrected chi connectivity index (χ1v) is 10.4. The lowest BCUT2D eigenvalue weighted by Gasteiger charge is -2.39. The Labute approximate surface area is 190 Å². The van der Waals surface area contributed by atoms with Crippen LogP contribution in [0.15, 0.2) is 67.0 Å². The molecule has 2 aromatic carbocycles. The maximum Gasteiger partial charge on any atom is 0.336 e. The van der Waals surface area contributed by atoms with Crippen molar-refractivity contribution in [3.8, 4) is 22.6 Å². The molecule has 34 heavy (non-hydrogen) atoms. The minimum Gasteiger partial charge on any atom is -0.507 e. The summed E-state index contributed by atoms with van der Waals surface area (Å²) in [4.78, 5) is 24.1.